The summed E-state index contributed by atoms with van der Waals surface area (Å²) in [5.74, 6) is 1.07. The molecule has 0 spiro atoms. The summed E-state index contributed by atoms with van der Waals surface area (Å²) >= 11 is 0. The zero-order valence-corrected chi connectivity index (χ0v) is 18.5. The van der Waals surface area contributed by atoms with E-state index in [1.165, 1.54) is 11.1 Å². The number of unbranched alkanes of at least 4 members (excludes halogenated alkanes) is 1. The molecule has 0 aliphatic heterocycles. The molecule has 3 aromatic rings. The van der Waals surface area contributed by atoms with E-state index in [2.05, 4.69) is 60.8 Å². The maximum absolute atomic E-state index is 9.06. The summed E-state index contributed by atoms with van der Waals surface area (Å²) in [7, 11) is 0. The van der Waals surface area contributed by atoms with Crippen LogP contribution in [-0.4, -0.2) is 32.9 Å². The van der Waals surface area contributed by atoms with Gasteiger partial charge >= 0.3 is 0 Å². The van der Waals surface area contributed by atoms with Crippen molar-refractivity contribution in [1.29, 1.82) is 5.26 Å². The van der Waals surface area contributed by atoms with E-state index >= 15 is 0 Å². The minimum atomic E-state index is 0.104. The summed E-state index contributed by atoms with van der Waals surface area (Å²) in [5, 5.41) is 26.1. The Kier molecular flexibility index (Phi) is 7.10. The maximum Gasteiger partial charge on any atom is 0.182 e. The number of nitriles is 1. The lowest BCUT2D eigenvalue weighted by molar-refractivity contribution is 0.292. The average Bonchev–Trinajstić information content (AvgIpc) is 3.24. The number of rotatable bonds is 9. The second-order valence-corrected chi connectivity index (χ2v) is 8.19. The van der Waals surface area contributed by atoms with Crippen molar-refractivity contribution < 1.29 is 5.11 Å². The molecular formula is C26H29N5O. The van der Waals surface area contributed by atoms with Crippen molar-refractivity contribution in [1.82, 2.24) is 19.9 Å². The zero-order valence-electron chi connectivity index (χ0n) is 18.5. The molecule has 0 radical (unpaired) electrons. The smallest absolute Gasteiger partial charge is 0.182 e. The molecule has 0 amide bonds. The molecule has 1 aromatic carbocycles. The zero-order chi connectivity index (χ0) is 22.3. The average molecular weight is 428 g/mol. The standard InChI is InChI=1S/C26H29N5O/c1-19-23(21-8-3-2-4-9-21)11-7-12-24(19)25-29-26-22(10-5-6-13-27)16-20(17-28-14-15-32)18-31(26)30-25/h2-4,7-9,12,16,18,23,28,32H,5-6,10-11,14-15,17H2,1H3. The van der Waals surface area contributed by atoms with Crippen LogP contribution in [0.25, 0.3) is 11.2 Å². The van der Waals surface area contributed by atoms with E-state index in [4.69, 9.17) is 20.5 Å². The minimum absolute atomic E-state index is 0.104. The molecule has 1 aliphatic carbocycles. The number of fused-ring (bicyclic) bond motifs is 1. The van der Waals surface area contributed by atoms with Crippen LogP contribution >= 0.6 is 0 Å². The highest BCUT2D eigenvalue weighted by Crippen LogP contribution is 2.37. The first-order valence-electron chi connectivity index (χ1n) is 11.2. The number of allylic oxidation sites excluding steroid dienone is 4. The van der Waals surface area contributed by atoms with Gasteiger partial charge in [0, 0.05) is 37.2 Å². The lowest BCUT2D eigenvalue weighted by Gasteiger charge is -2.22. The second kappa shape index (κ2) is 10.4. The predicted octanol–water partition coefficient (Wildman–Crippen LogP) is 4.17. The van der Waals surface area contributed by atoms with E-state index < -0.39 is 0 Å². The van der Waals surface area contributed by atoms with Crippen molar-refractivity contribution in [2.45, 2.75) is 45.1 Å². The Bertz CT molecular complexity index is 1170. The van der Waals surface area contributed by atoms with E-state index in [0.29, 0.717) is 25.4 Å². The molecule has 0 saturated heterocycles. The van der Waals surface area contributed by atoms with Gasteiger partial charge in [0.25, 0.3) is 0 Å². The summed E-state index contributed by atoms with van der Waals surface area (Å²) in [6, 6.07) is 15.0. The Labute approximate surface area is 188 Å². The monoisotopic (exact) mass is 427 g/mol. The number of nitrogens with one attached hydrogen (secondary N) is 1. The van der Waals surface area contributed by atoms with Crippen molar-refractivity contribution >= 4 is 11.2 Å². The highest BCUT2D eigenvalue weighted by molar-refractivity contribution is 5.76. The molecule has 0 saturated carbocycles. The first kappa shape index (κ1) is 21.9. The Morgan fingerprint density at radius 2 is 2.12 bits per heavy atom. The molecule has 32 heavy (non-hydrogen) atoms. The molecule has 6 nitrogen and oxygen atoms in total. The van der Waals surface area contributed by atoms with Crippen molar-refractivity contribution in [2.24, 2.45) is 0 Å². The number of aryl methyl sites for hydroxylation is 1. The summed E-state index contributed by atoms with van der Waals surface area (Å²) in [5.41, 5.74) is 6.70. The van der Waals surface area contributed by atoms with E-state index in [-0.39, 0.29) is 6.61 Å². The highest BCUT2D eigenvalue weighted by Gasteiger charge is 2.22. The van der Waals surface area contributed by atoms with Gasteiger partial charge in [0.15, 0.2) is 11.5 Å². The van der Waals surface area contributed by atoms with Gasteiger partial charge in [-0.2, -0.15) is 5.26 Å². The molecular weight excluding hydrogens is 398 g/mol. The van der Waals surface area contributed by atoms with Gasteiger partial charge in [-0.05, 0) is 48.9 Å². The van der Waals surface area contributed by atoms with Crippen molar-refractivity contribution in [3.05, 3.63) is 82.8 Å². The quantitative estimate of drug-likeness (QED) is 0.501. The first-order chi connectivity index (χ1) is 15.7. The summed E-state index contributed by atoms with van der Waals surface area (Å²) < 4.78 is 1.87. The van der Waals surface area contributed by atoms with E-state index in [1.54, 1.807) is 0 Å². The molecule has 2 aromatic heterocycles. The first-order valence-corrected chi connectivity index (χ1v) is 11.2. The molecule has 4 rings (SSSR count). The third-order valence-corrected chi connectivity index (χ3v) is 5.97. The molecule has 6 heteroatoms. The second-order valence-electron chi connectivity index (χ2n) is 8.19. The fourth-order valence-electron chi connectivity index (χ4n) is 4.32. The van der Waals surface area contributed by atoms with Crippen molar-refractivity contribution in [3.8, 4) is 6.07 Å². The summed E-state index contributed by atoms with van der Waals surface area (Å²) in [6.45, 7) is 3.48. The van der Waals surface area contributed by atoms with Gasteiger partial charge in [-0.3, -0.25) is 0 Å². The van der Waals surface area contributed by atoms with Crippen LogP contribution in [0.2, 0.25) is 0 Å². The van der Waals surface area contributed by atoms with Gasteiger partial charge in [-0.15, -0.1) is 5.10 Å². The van der Waals surface area contributed by atoms with E-state index in [9.17, 15) is 0 Å². The lowest BCUT2D eigenvalue weighted by atomic mass is 9.83. The van der Waals surface area contributed by atoms with Crippen LogP contribution in [0.5, 0.6) is 0 Å². The fourth-order valence-corrected chi connectivity index (χ4v) is 4.32. The molecule has 2 heterocycles. The Morgan fingerprint density at radius 1 is 1.28 bits per heavy atom. The van der Waals surface area contributed by atoms with Crippen LogP contribution in [0, 0.1) is 11.3 Å². The Morgan fingerprint density at radius 3 is 2.91 bits per heavy atom. The molecule has 164 valence electrons. The highest BCUT2D eigenvalue weighted by atomic mass is 16.3. The van der Waals surface area contributed by atoms with Gasteiger partial charge in [-0.1, -0.05) is 48.1 Å². The fraction of sp³-hybridized carbons (Fsp3) is 0.346. The van der Waals surface area contributed by atoms with Crippen molar-refractivity contribution in [3.63, 3.8) is 0 Å². The third-order valence-electron chi connectivity index (χ3n) is 5.97. The normalized spacial score (nSPS) is 16.0. The number of hydrogen-bond acceptors (Lipinski definition) is 5. The van der Waals surface area contributed by atoms with Crippen LogP contribution in [0.4, 0.5) is 0 Å². The minimum Gasteiger partial charge on any atom is -0.395 e. The SMILES string of the molecule is CC1=C(c2nc3c(CCCC#N)cc(CNCCO)cn3n2)C=CCC1c1ccccc1. The molecule has 2 N–H and O–H groups in total. The van der Waals surface area contributed by atoms with Crippen LogP contribution in [0.3, 0.4) is 0 Å². The van der Waals surface area contributed by atoms with Gasteiger partial charge in [0.1, 0.15) is 0 Å². The Hall–Kier alpha value is -3.27. The van der Waals surface area contributed by atoms with Gasteiger partial charge < -0.3 is 10.4 Å². The number of hydrogen-bond donors (Lipinski definition) is 2. The number of aromatic nitrogens is 3. The van der Waals surface area contributed by atoms with Crippen molar-refractivity contribution in [2.75, 3.05) is 13.2 Å². The number of nitrogens with zero attached hydrogens (tertiary/aromatic N) is 4. The predicted molar refractivity (Wildman–Crippen MR) is 126 cm³/mol. The number of pyridine rings is 1. The molecule has 0 bridgehead atoms. The largest absolute Gasteiger partial charge is 0.395 e. The molecule has 0 fully saturated rings. The lowest BCUT2D eigenvalue weighted by Crippen LogP contribution is -2.18. The van der Waals surface area contributed by atoms with Crippen LogP contribution in [-0.2, 0) is 13.0 Å². The summed E-state index contributed by atoms with van der Waals surface area (Å²) in [6.07, 6.45) is 9.43. The molecule has 1 atom stereocenters. The van der Waals surface area contributed by atoms with Gasteiger partial charge in [0.2, 0.25) is 0 Å². The Balaban J connectivity index is 1.72. The van der Waals surface area contributed by atoms with E-state index in [1.807, 2.05) is 16.8 Å². The maximum atomic E-state index is 9.06. The number of aliphatic hydroxyl groups excluding tert-OH is 1. The van der Waals surface area contributed by atoms with Gasteiger partial charge in [0.05, 0.1) is 12.7 Å². The molecule has 1 unspecified atom stereocenters. The topological polar surface area (TPSA) is 86.2 Å². The van der Waals surface area contributed by atoms with Gasteiger partial charge in [-0.25, -0.2) is 9.50 Å². The number of aliphatic hydroxyl groups is 1. The van der Waals surface area contributed by atoms with E-state index in [0.717, 1.165) is 47.4 Å². The summed E-state index contributed by atoms with van der Waals surface area (Å²) in [4.78, 5) is 4.93. The van der Waals surface area contributed by atoms with Crippen LogP contribution < -0.4 is 5.32 Å². The van der Waals surface area contributed by atoms with Crippen LogP contribution in [0.15, 0.2) is 60.3 Å². The molecule has 1 aliphatic rings. The third kappa shape index (κ3) is 4.80. The number of benzene rings is 1. The van der Waals surface area contributed by atoms with Crippen LogP contribution in [0.1, 0.15) is 54.6 Å².